The van der Waals surface area contributed by atoms with Crippen LogP contribution in [-0.2, 0) is 9.59 Å². The van der Waals surface area contributed by atoms with E-state index < -0.39 is 0 Å². The predicted octanol–water partition coefficient (Wildman–Crippen LogP) is 3.62. The van der Waals surface area contributed by atoms with Crippen LogP contribution in [0.5, 0.6) is 0 Å². The number of amides is 2. The number of benzene rings is 1. The van der Waals surface area contributed by atoms with Crippen LogP contribution in [0.15, 0.2) is 28.8 Å². The summed E-state index contributed by atoms with van der Waals surface area (Å²) in [6, 6.07) is 3.83. The van der Waals surface area contributed by atoms with E-state index in [4.69, 9.17) is 0 Å². The maximum absolute atomic E-state index is 13.1. The van der Waals surface area contributed by atoms with E-state index in [9.17, 15) is 9.59 Å². The zero-order valence-electron chi connectivity index (χ0n) is 13.1. The Balaban J connectivity index is 1.61. The number of rotatable bonds is 1. The lowest BCUT2D eigenvalue weighted by Gasteiger charge is -2.37. The minimum Gasteiger partial charge on any atom is -0.274 e. The molecule has 4 heteroatoms. The van der Waals surface area contributed by atoms with E-state index >= 15 is 0 Å². The Morgan fingerprint density at radius 3 is 2.09 bits per heavy atom. The Hall–Kier alpha value is -1.42. The summed E-state index contributed by atoms with van der Waals surface area (Å²) in [5, 5.41) is 0. The van der Waals surface area contributed by atoms with Crippen LogP contribution in [0.1, 0.15) is 17.5 Å². The molecule has 0 N–H and O–H groups in total. The van der Waals surface area contributed by atoms with Crippen molar-refractivity contribution < 1.29 is 9.59 Å². The van der Waals surface area contributed by atoms with Gasteiger partial charge in [0.05, 0.1) is 17.5 Å². The summed E-state index contributed by atoms with van der Waals surface area (Å²) in [7, 11) is 0. The highest BCUT2D eigenvalue weighted by atomic mass is 79.9. The first-order valence-corrected chi connectivity index (χ1v) is 9.12. The average molecular weight is 372 g/mol. The molecule has 1 heterocycles. The van der Waals surface area contributed by atoms with Gasteiger partial charge in [0.25, 0.3) is 0 Å². The lowest BCUT2D eigenvalue weighted by molar-refractivity contribution is -0.124. The van der Waals surface area contributed by atoms with Gasteiger partial charge < -0.3 is 0 Å². The van der Waals surface area contributed by atoms with Crippen molar-refractivity contribution >= 4 is 33.4 Å². The Kier molecular flexibility index (Phi) is 2.64. The zero-order chi connectivity index (χ0) is 16.0. The Morgan fingerprint density at radius 1 is 0.957 bits per heavy atom. The lowest BCUT2D eigenvalue weighted by Crippen LogP contribution is -2.40. The topological polar surface area (TPSA) is 37.4 Å². The second kappa shape index (κ2) is 4.35. The second-order valence-corrected chi connectivity index (χ2v) is 8.34. The molecule has 4 aliphatic carbocycles. The van der Waals surface area contributed by atoms with Crippen LogP contribution in [0, 0.1) is 49.4 Å². The van der Waals surface area contributed by atoms with Crippen LogP contribution in [0.25, 0.3) is 0 Å². The first-order chi connectivity index (χ1) is 11.0. The average Bonchev–Trinajstić information content (AvgIpc) is 3.32. The third kappa shape index (κ3) is 1.60. The highest BCUT2D eigenvalue weighted by Crippen LogP contribution is 2.65. The molecule has 118 valence electrons. The summed E-state index contributed by atoms with van der Waals surface area (Å²) < 4.78 is 1.01. The van der Waals surface area contributed by atoms with Crippen molar-refractivity contribution in [1.82, 2.24) is 0 Å². The summed E-state index contributed by atoms with van der Waals surface area (Å²) in [6.45, 7) is 4.00. The van der Waals surface area contributed by atoms with Crippen LogP contribution in [0.3, 0.4) is 0 Å². The van der Waals surface area contributed by atoms with E-state index in [1.807, 2.05) is 26.0 Å². The number of hydrogen-bond donors (Lipinski definition) is 0. The van der Waals surface area contributed by atoms with Crippen LogP contribution < -0.4 is 4.90 Å². The molecule has 0 aromatic heterocycles. The van der Waals surface area contributed by atoms with Crippen molar-refractivity contribution in [1.29, 1.82) is 0 Å². The van der Waals surface area contributed by atoms with Crippen LogP contribution >= 0.6 is 15.9 Å². The van der Waals surface area contributed by atoms with Gasteiger partial charge in [0, 0.05) is 4.47 Å². The largest absolute Gasteiger partial charge is 0.274 e. The van der Waals surface area contributed by atoms with Crippen LogP contribution in [-0.4, -0.2) is 11.8 Å². The maximum atomic E-state index is 13.1. The molecule has 1 aromatic carbocycles. The molecular weight excluding hydrogens is 354 g/mol. The lowest BCUT2D eigenvalue weighted by atomic mass is 9.63. The minimum atomic E-state index is -0.121. The molecule has 5 aliphatic rings. The number of nitrogens with zero attached hydrogens (tertiary/aromatic N) is 1. The van der Waals surface area contributed by atoms with Crippen molar-refractivity contribution in [2.24, 2.45) is 35.5 Å². The Bertz CT molecular complexity index is 763. The molecule has 0 radical (unpaired) electrons. The minimum absolute atomic E-state index is 0.0227. The first-order valence-electron chi connectivity index (χ1n) is 8.32. The molecule has 3 nitrogen and oxygen atoms in total. The van der Waals surface area contributed by atoms with Crippen molar-refractivity contribution in [2.75, 3.05) is 4.90 Å². The predicted molar refractivity (Wildman–Crippen MR) is 90.8 cm³/mol. The first kappa shape index (κ1) is 14.0. The van der Waals surface area contributed by atoms with E-state index in [0.717, 1.165) is 21.3 Å². The van der Waals surface area contributed by atoms with E-state index in [-0.39, 0.29) is 35.5 Å². The monoisotopic (exact) mass is 371 g/mol. The zero-order valence-corrected chi connectivity index (χ0v) is 14.7. The van der Waals surface area contributed by atoms with Crippen LogP contribution in [0.4, 0.5) is 5.69 Å². The highest BCUT2D eigenvalue weighted by molar-refractivity contribution is 9.10. The normalized spacial score (nSPS) is 39.7. The summed E-state index contributed by atoms with van der Waals surface area (Å²) in [6.07, 6.45) is 5.63. The second-order valence-electron chi connectivity index (χ2n) is 7.48. The number of hydrogen-bond acceptors (Lipinski definition) is 2. The smallest absolute Gasteiger partial charge is 0.238 e. The van der Waals surface area contributed by atoms with Gasteiger partial charge in [-0.25, -0.2) is 4.90 Å². The third-order valence-electron chi connectivity index (χ3n) is 6.60. The summed E-state index contributed by atoms with van der Waals surface area (Å²) in [5.41, 5.74) is 2.86. The van der Waals surface area contributed by atoms with Gasteiger partial charge in [0.15, 0.2) is 0 Å². The molecule has 0 spiro atoms. The van der Waals surface area contributed by atoms with Crippen molar-refractivity contribution in [2.45, 2.75) is 20.3 Å². The third-order valence-corrected chi connectivity index (χ3v) is 7.46. The number of imide groups is 1. The Labute approximate surface area is 143 Å². The van der Waals surface area contributed by atoms with Gasteiger partial charge in [0.2, 0.25) is 11.8 Å². The molecule has 3 fully saturated rings. The van der Waals surface area contributed by atoms with Crippen LogP contribution in [0.2, 0.25) is 0 Å². The molecule has 0 unspecified atom stereocenters. The van der Waals surface area contributed by atoms with Crippen molar-refractivity contribution in [3.8, 4) is 0 Å². The highest BCUT2D eigenvalue weighted by Gasteiger charge is 2.67. The molecule has 2 amide bonds. The summed E-state index contributed by atoms with van der Waals surface area (Å²) >= 11 is 3.52. The van der Waals surface area contributed by atoms with Gasteiger partial charge in [0.1, 0.15) is 0 Å². The van der Waals surface area contributed by atoms with E-state index in [1.54, 1.807) is 0 Å². The molecular formula is C19H18BrNO2. The number of halogens is 1. The van der Waals surface area contributed by atoms with E-state index in [1.165, 1.54) is 11.3 Å². The molecule has 1 aliphatic heterocycles. The van der Waals surface area contributed by atoms with Gasteiger partial charge in [-0.3, -0.25) is 9.59 Å². The maximum Gasteiger partial charge on any atom is 0.238 e. The fourth-order valence-corrected chi connectivity index (χ4v) is 5.64. The fourth-order valence-electron chi connectivity index (χ4n) is 5.21. The molecule has 23 heavy (non-hydrogen) atoms. The number of anilines is 1. The van der Waals surface area contributed by atoms with Gasteiger partial charge in [-0.05, 0) is 67.2 Å². The Morgan fingerprint density at radius 2 is 1.52 bits per heavy atom. The van der Waals surface area contributed by atoms with E-state index in [0.29, 0.717) is 11.8 Å². The number of carbonyl (C=O) groups is 2. The van der Waals surface area contributed by atoms with Gasteiger partial charge in [-0.1, -0.05) is 28.1 Å². The molecule has 6 atom stereocenters. The molecule has 1 aromatic rings. The summed E-state index contributed by atoms with van der Waals surface area (Å²) in [4.78, 5) is 27.7. The van der Waals surface area contributed by atoms with Gasteiger partial charge in [-0.2, -0.15) is 0 Å². The number of allylic oxidation sites excluding steroid dienone is 2. The molecule has 1 saturated heterocycles. The molecule has 6 rings (SSSR count). The van der Waals surface area contributed by atoms with Crippen molar-refractivity contribution in [3.05, 3.63) is 39.9 Å². The molecule has 2 saturated carbocycles. The SMILES string of the molecule is Cc1c(Br)ccc(N2C(=O)[C@@H]3[C@H]4C=C[C@@H]([C@@H]5C[C@H]45)[C@H]3C2=O)c1C. The number of carbonyl (C=O) groups excluding carboxylic acids is 2. The fraction of sp³-hybridized carbons (Fsp3) is 0.474. The standard InChI is InChI=1S/C19H18BrNO2/c1-8-9(2)15(6-5-14(8)20)21-18(22)16-10-3-4-11(13-7-12(10)13)17(16)19(21)23/h3-6,10-13,16-17H,7H2,1-2H3/t10-,11-,12-,13+,16+,17+/m0/s1. The van der Waals surface area contributed by atoms with Gasteiger partial charge >= 0.3 is 0 Å². The quantitative estimate of drug-likeness (QED) is 0.558. The van der Waals surface area contributed by atoms with Gasteiger partial charge in [-0.15, -0.1) is 0 Å². The van der Waals surface area contributed by atoms with Crippen molar-refractivity contribution in [3.63, 3.8) is 0 Å². The summed E-state index contributed by atoms with van der Waals surface area (Å²) in [5.74, 6) is 1.67. The molecule has 2 bridgehead atoms. The van der Waals surface area contributed by atoms with E-state index in [2.05, 4.69) is 28.1 Å².